The minimum Gasteiger partial charge on any atom is -0.366 e. The molecule has 0 saturated carbocycles. The number of hydrogen-bond acceptors (Lipinski definition) is 5. The van der Waals surface area contributed by atoms with Crippen LogP contribution in [0.15, 0.2) is 62.9 Å². The second-order valence-corrected chi connectivity index (χ2v) is 6.70. The van der Waals surface area contributed by atoms with E-state index in [2.05, 4.69) is 10.6 Å². The average molecular weight is 385 g/mol. The summed E-state index contributed by atoms with van der Waals surface area (Å²) in [6.45, 7) is 1.96. The smallest absolute Gasteiger partial charge is 0.366 e. The number of nitrogens with two attached hydrogens (primary N) is 1. The summed E-state index contributed by atoms with van der Waals surface area (Å²) in [6, 6.07) is 13.7. The molecular formula is C18H17N4O4S+. The van der Waals surface area contributed by atoms with Crippen LogP contribution in [0.4, 0.5) is 5.69 Å². The summed E-state index contributed by atoms with van der Waals surface area (Å²) in [5.74, 6) is -0.836. The number of hydrogen-bond donors (Lipinski definition) is 3. The molecule has 0 aliphatic rings. The third-order valence-electron chi connectivity index (χ3n) is 3.69. The van der Waals surface area contributed by atoms with Crippen LogP contribution in [0.2, 0.25) is 0 Å². The number of aromatic nitrogens is 2. The highest BCUT2D eigenvalue weighted by Crippen LogP contribution is 2.14. The molecule has 2 aromatic carbocycles. The molecule has 2 amide bonds. The highest BCUT2D eigenvalue weighted by molar-refractivity contribution is 7.99. The summed E-state index contributed by atoms with van der Waals surface area (Å²) in [6.07, 6.45) is 0. The van der Waals surface area contributed by atoms with Crippen molar-refractivity contribution in [2.45, 2.75) is 11.9 Å². The number of nitrogens with zero attached hydrogens (tertiary/aromatic N) is 1. The zero-order valence-corrected chi connectivity index (χ0v) is 15.2. The van der Waals surface area contributed by atoms with Gasteiger partial charge in [-0.2, -0.15) is 0 Å². The number of rotatable bonds is 6. The summed E-state index contributed by atoms with van der Waals surface area (Å²) < 4.78 is 6.34. The Morgan fingerprint density at radius 1 is 1.15 bits per heavy atom. The van der Waals surface area contributed by atoms with Crippen LogP contribution in [0.3, 0.4) is 0 Å². The maximum absolute atomic E-state index is 12.2. The van der Waals surface area contributed by atoms with Crippen molar-refractivity contribution in [2.75, 3.05) is 11.1 Å². The second kappa shape index (κ2) is 7.92. The highest BCUT2D eigenvalue weighted by Gasteiger charge is 2.24. The van der Waals surface area contributed by atoms with E-state index in [0.29, 0.717) is 11.3 Å². The van der Waals surface area contributed by atoms with Crippen LogP contribution < -0.4 is 21.4 Å². The predicted octanol–water partition coefficient (Wildman–Crippen LogP) is 1.38. The molecule has 4 N–H and O–H groups in total. The minimum absolute atomic E-state index is 0.00600. The van der Waals surface area contributed by atoms with Gasteiger partial charge in [0.2, 0.25) is 17.5 Å². The lowest BCUT2D eigenvalue weighted by molar-refractivity contribution is -0.704. The fourth-order valence-corrected chi connectivity index (χ4v) is 3.07. The average Bonchev–Trinajstić information content (AvgIpc) is 3.01. The van der Waals surface area contributed by atoms with Crippen molar-refractivity contribution in [3.05, 3.63) is 70.1 Å². The summed E-state index contributed by atoms with van der Waals surface area (Å²) in [5.41, 5.74) is 7.30. The lowest BCUT2D eigenvalue weighted by atomic mass is 10.2. The standard InChI is InChI=1S/C18H16N4O4S/c1-11-2-8-14(9-3-11)22-17(18(25)26-21-22)27-10-15(23)20-13-6-4-12(5-7-13)16(19)24/h2-9H,10H2,1H3,(H3-,19,20,21,23,24,25)/p+1. The Balaban J connectivity index is 1.67. The van der Waals surface area contributed by atoms with E-state index in [1.54, 1.807) is 12.1 Å². The van der Waals surface area contributed by atoms with Gasteiger partial charge in [0.25, 0.3) is 0 Å². The topological polar surface area (TPSA) is 122 Å². The highest BCUT2D eigenvalue weighted by atomic mass is 32.2. The molecule has 0 fully saturated rings. The monoisotopic (exact) mass is 385 g/mol. The van der Waals surface area contributed by atoms with Crippen molar-refractivity contribution in [3.8, 4) is 5.69 Å². The molecule has 138 valence electrons. The molecule has 0 spiro atoms. The summed E-state index contributed by atoms with van der Waals surface area (Å²) in [4.78, 5) is 35.1. The number of amides is 2. The SMILES string of the molecule is Cc1ccc(-[n+]2[nH]oc(=O)c2SCC(=O)Nc2ccc(C(N)=O)cc2)cc1. The van der Waals surface area contributed by atoms with Crippen molar-refractivity contribution in [3.63, 3.8) is 0 Å². The third kappa shape index (κ3) is 4.45. The number of nitrogens with one attached hydrogen (secondary N) is 2. The molecule has 0 aliphatic heterocycles. The van der Waals surface area contributed by atoms with Gasteiger partial charge >= 0.3 is 10.7 Å². The molecule has 9 heteroatoms. The minimum atomic E-state index is -0.556. The Morgan fingerprint density at radius 2 is 1.81 bits per heavy atom. The van der Waals surface area contributed by atoms with Crippen LogP contribution in [-0.2, 0) is 4.79 Å². The molecule has 0 atom stereocenters. The first-order valence-electron chi connectivity index (χ1n) is 7.97. The van der Waals surface area contributed by atoms with E-state index in [9.17, 15) is 14.4 Å². The van der Waals surface area contributed by atoms with E-state index < -0.39 is 11.5 Å². The van der Waals surface area contributed by atoms with Gasteiger partial charge in [-0.1, -0.05) is 17.7 Å². The quantitative estimate of drug-likeness (QED) is 0.437. The van der Waals surface area contributed by atoms with E-state index in [-0.39, 0.29) is 16.7 Å². The first-order valence-corrected chi connectivity index (χ1v) is 8.95. The maximum Gasteiger partial charge on any atom is 0.442 e. The molecule has 8 nitrogen and oxygen atoms in total. The van der Waals surface area contributed by atoms with Gasteiger partial charge in [-0.15, -0.1) is 0 Å². The molecule has 27 heavy (non-hydrogen) atoms. The van der Waals surface area contributed by atoms with Crippen molar-refractivity contribution >= 4 is 29.3 Å². The number of carbonyl (C=O) groups is 2. The Hall–Kier alpha value is -3.33. The van der Waals surface area contributed by atoms with Crippen molar-refractivity contribution in [1.29, 1.82) is 0 Å². The number of aromatic amines is 1. The van der Waals surface area contributed by atoms with Crippen LogP contribution in [0, 0.1) is 6.92 Å². The zero-order chi connectivity index (χ0) is 19.4. The van der Waals surface area contributed by atoms with Gasteiger partial charge in [0.15, 0.2) is 0 Å². The first kappa shape index (κ1) is 18.5. The van der Waals surface area contributed by atoms with E-state index >= 15 is 0 Å². The fourth-order valence-electron chi connectivity index (χ4n) is 2.30. The van der Waals surface area contributed by atoms with E-state index in [4.69, 9.17) is 10.3 Å². The van der Waals surface area contributed by atoms with Crippen LogP contribution in [0.25, 0.3) is 5.69 Å². The van der Waals surface area contributed by atoms with Gasteiger partial charge in [-0.05, 0) is 52.9 Å². The summed E-state index contributed by atoms with van der Waals surface area (Å²) in [7, 11) is 0. The number of carbonyl (C=O) groups excluding carboxylic acids is 2. The van der Waals surface area contributed by atoms with Crippen molar-refractivity contribution < 1.29 is 18.8 Å². The largest absolute Gasteiger partial charge is 0.442 e. The van der Waals surface area contributed by atoms with Crippen molar-refractivity contribution in [1.82, 2.24) is 5.27 Å². The molecule has 0 radical (unpaired) electrons. The lowest BCUT2D eigenvalue weighted by Gasteiger charge is -2.04. The molecule has 1 aromatic heterocycles. The second-order valence-electron chi connectivity index (χ2n) is 5.74. The van der Waals surface area contributed by atoms with Crippen LogP contribution >= 0.6 is 11.8 Å². The number of benzene rings is 2. The molecule has 0 saturated heterocycles. The molecule has 0 aliphatic carbocycles. The molecule has 1 heterocycles. The van der Waals surface area contributed by atoms with Crippen LogP contribution in [0.1, 0.15) is 15.9 Å². The van der Waals surface area contributed by atoms with E-state index in [1.807, 2.05) is 31.2 Å². The lowest BCUT2D eigenvalue weighted by Crippen LogP contribution is -2.36. The van der Waals surface area contributed by atoms with E-state index in [1.165, 1.54) is 16.8 Å². The molecule has 3 rings (SSSR count). The molecule has 3 aromatic rings. The van der Waals surface area contributed by atoms with Gasteiger partial charge in [0.1, 0.15) is 0 Å². The van der Waals surface area contributed by atoms with Gasteiger partial charge in [-0.3, -0.25) is 14.1 Å². The van der Waals surface area contributed by atoms with Crippen LogP contribution in [-0.4, -0.2) is 22.8 Å². The zero-order valence-electron chi connectivity index (χ0n) is 14.4. The molecule has 0 bridgehead atoms. The summed E-state index contributed by atoms with van der Waals surface area (Å²) >= 11 is 1.05. The normalized spacial score (nSPS) is 10.6. The predicted molar refractivity (Wildman–Crippen MR) is 99.9 cm³/mol. The Kier molecular flexibility index (Phi) is 5.41. The molecular weight excluding hydrogens is 368 g/mol. The third-order valence-corrected chi connectivity index (χ3v) is 4.72. The molecule has 0 unspecified atom stereocenters. The fraction of sp³-hybridized carbons (Fsp3) is 0.111. The van der Waals surface area contributed by atoms with Gasteiger partial charge in [0, 0.05) is 23.4 Å². The maximum atomic E-state index is 12.2. The first-order chi connectivity index (χ1) is 12.9. The van der Waals surface area contributed by atoms with Gasteiger partial charge in [-0.25, -0.2) is 4.79 Å². The number of H-pyrrole nitrogens is 1. The number of thioether (sulfide) groups is 1. The van der Waals surface area contributed by atoms with Gasteiger partial charge < -0.3 is 11.1 Å². The number of primary amides is 1. The van der Waals surface area contributed by atoms with Crippen molar-refractivity contribution in [2.24, 2.45) is 5.73 Å². The van der Waals surface area contributed by atoms with Gasteiger partial charge in [0.05, 0.1) is 5.75 Å². The van der Waals surface area contributed by atoms with E-state index in [0.717, 1.165) is 23.0 Å². The Bertz CT molecular complexity index is 1020. The number of aryl methyl sites for hydroxylation is 1. The number of anilines is 1. The Labute approximate surface area is 158 Å². The van der Waals surface area contributed by atoms with Crippen LogP contribution in [0.5, 0.6) is 0 Å². The Morgan fingerprint density at radius 3 is 2.44 bits per heavy atom. The summed E-state index contributed by atoms with van der Waals surface area (Å²) in [5, 5.41) is 5.49.